The number of amides is 1. The molecular weight excluding hydrogens is 310 g/mol. The Balaban J connectivity index is 2.42. The van der Waals surface area contributed by atoms with Crippen molar-refractivity contribution >= 4 is 35.2 Å². The molecule has 0 aromatic heterocycles. The summed E-state index contributed by atoms with van der Waals surface area (Å²) in [6.07, 6.45) is 0. The zero-order valence-electron chi connectivity index (χ0n) is 12.2. The van der Waals surface area contributed by atoms with Crippen LogP contribution in [0, 0.1) is 12.8 Å². The first-order chi connectivity index (χ1) is 9.84. The van der Waals surface area contributed by atoms with Crippen LogP contribution in [0.25, 0.3) is 0 Å². The maximum atomic E-state index is 12.8. The Kier molecular flexibility index (Phi) is 4.84. The minimum atomic E-state index is -0.960. The zero-order chi connectivity index (χ0) is 15.7. The Bertz CT molecular complexity index is 576. The first-order valence-corrected chi connectivity index (χ1v) is 8.19. The van der Waals surface area contributed by atoms with Crippen LogP contribution in [0.4, 0.5) is 0 Å². The molecule has 2 rings (SSSR count). The predicted molar refractivity (Wildman–Crippen MR) is 84.9 cm³/mol. The fraction of sp³-hybridized carbons (Fsp3) is 0.467. The summed E-state index contributed by atoms with van der Waals surface area (Å²) in [5.74, 6) is -0.614. The van der Waals surface area contributed by atoms with E-state index in [-0.39, 0.29) is 17.2 Å². The van der Waals surface area contributed by atoms with Crippen molar-refractivity contribution in [3.8, 4) is 0 Å². The summed E-state index contributed by atoms with van der Waals surface area (Å²) < 4.78 is 0. The Morgan fingerprint density at radius 3 is 2.67 bits per heavy atom. The molecule has 1 N–H and O–H groups in total. The van der Waals surface area contributed by atoms with E-state index >= 15 is 0 Å². The van der Waals surface area contributed by atoms with Crippen LogP contribution in [0.5, 0.6) is 0 Å². The van der Waals surface area contributed by atoms with Crippen LogP contribution in [-0.2, 0) is 4.79 Å². The van der Waals surface area contributed by atoms with E-state index in [1.54, 1.807) is 25.1 Å². The van der Waals surface area contributed by atoms with Crippen molar-refractivity contribution in [2.24, 2.45) is 5.92 Å². The maximum Gasteiger partial charge on any atom is 0.327 e. The highest BCUT2D eigenvalue weighted by Gasteiger charge is 2.43. The third-order valence-electron chi connectivity index (χ3n) is 3.62. The average Bonchev–Trinajstić information content (AvgIpc) is 2.86. The number of hydrogen-bond acceptors (Lipinski definition) is 3. The standard InChI is InChI=1S/C15H18ClNO3S/c1-8(2)14-17(12(7-21-14)15(19)20)13(18)10-5-4-6-11(16)9(10)3/h4-6,8,12,14H,7H2,1-3H3,(H,19,20). The van der Waals surface area contributed by atoms with E-state index in [1.807, 2.05) is 13.8 Å². The molecule has 4 nitrogen and oxygen atoms in total. The predicted octanol–water partition coefficient (Wildman–Crippen LogP) is 3.27. The molecule has 6 heteroatoms. The highest BCUT2D eigenvalue weighted by Crippen LogP contribution is 2.36. The maximum absolute atomic E-state index is 12.8. The van der Waals surface area contributed by atoms with Crippen LogP contribution in [0.3, 0.4) is 0 Å². The molecule has 1 aromatic carbocycles. The number of rotatable bonds is 3. The topological polar surface area (TPSA) is 57.6 Å². The van der Waals surface area contributed by atoms with Crippen LogP contribution in [-0.4, -0.2) is 39.1 Å². The minimum Gasteiger partial charge on any atom is -0.480 e. The summed E-state index contributed by atoms with van der Waals surface area (Å²) in [6, 6.07) is 4.35. The number of carbonyl (C=O) groups excluding carboxylic acids is 1. The number of carbonyl (C=O) groups is 2. The summed E-state index contributed by atoms with van der Waals surface area (Å²) >= 11 is 7.59. The van der Waals surface area contributed by atoms with Crippen molar-refractivity contribution in [1.29, 1.82) is 0 Å². The van der Waals surface area contributed by atoms with Gasteiger partial charge in [0.15, 0.2) is 0 Å². The number of carboxylic acid groups (broad SMARTS) is 1. The lowest BCUT2D eigenvalue weighted by atomic mass is 10.1. The number of benzene rings is 1. The highest BCUT2D eigenvalue weighted by molar-refractivity contribution is 8.00. The first kappa shape index (κ1) is 16.2. The first-order valence-electron chi connectivity index (χ1n) is 6.76. The molecule has 0 spiro atoms. The third kappa shape index (κ3) is 3.04. The van der Waals surface area contributed by atoms with Gasteiger partial charge in [0, 0.05) is 16.3 Å². The molecule has 1 aromatic rings. The monoisotopic (exact) mass is 327 g/mol. The van der Waals surface area contributed by atoms with E-state index in [0.717, 1.165) is 0 Å². The van der Waals surface area contributed by atoms with Crippen LogP contribution >= 0.6 is 23.4 Å². The molecule has 114 valence electrons. The van der Waals surface area contributed by atoms with Gasteiger partial charge in [-0.05, 0) is 30.5 Å². The van der Waals surface area contributed by atoms with E-state index in [4.69, 9.17) is 11.6 Å². The fourth-order valence-electron chi connectivity index (χ4n) is 2.47. The number of carboxylic acids is 1. The van der Waals surface area contributed by atoms with Crippen molar-refractivity contribution in [1.82, 2.24) is 4.90 Å². The Hall–Kier alpha value is -1.20. The Morgan fingerprint density at radius 2 is 2.10 bits per heavy atom. The average molecular weight is 328 g/mol. The van der Waals surface area contributed by atoms with Gasteiger partial charge in [-0.15, -0.1) is 11.8 Å². The van der Waals surface area contributed by atoms with Crippen LogP contribution in [0.15, 0.2) is 18.2 Å². The number of nitrogens with zero attached hydrogens (tertiary/aromatic N) is 1. The molecule has 0 bridgehead atoms. The second-order valence-electron chi connectivity index (χ2n) is 5.45. The van der Waals surface area contributed by atoms with E-state index in [2.05, 4.69) is 0 Å². The van der Waals surface area contributed by atoms with Crippen molar-refractivity contribution in [3.63, 3.8) is 0 Å². The Morgan fingerprint density at radius 1 is 1.43 bits per heavy atom. The summed E-state index contributed by atoms with van der Waals surface area (Å²) in [4.78, 5) is 25.8. The molecular formula is C15H18ClNO3S. The molecule has 1 fully saturated rings. The van der Waals surface area contributed by atoms with Crippen molar-refractivity contribution in [3.05, 3.63) is 34.3 Å². The van der Waals surface area contributed by atoms with Gasteiger partial charge in [0.1, 0.15) is 6.04 Å². The molecule has 1 saturated heterocycles. The minimum absolute atomic E-state index is 0.128. The van der Waals surface area contributed by atoms with E-state index < -0.39 is 12.0 Å². The SMILES string of the molecule is Cc1c(Cl)cccc1C(=O)N1C(C(=O)O)CSC1C(C)C. The molecule has 0 saturated carbocycles. The van der Waals surface area contributed by atoms with Gasteiger partial charge in [0.25, 0.3) is 5.91 Å². The van der Waals surface area contributed by atoms with Gasteiger partial charge in [-0.3, -0.25) is 4.79 Å². The lowest BCUT2D eigenvalue weighted by molar-refractivity contribution is -0.141. The fourth-order valence-corrected chi connectivity index (χ4v) is 4.11. The second kappa shape index (κ2) is 6.28. The molecule has 0 radical (unpaired) electrons. The van der Waals surface area contributed by atoms with E-state index in [1.165, 1.54) is 16.7 Å². The van der Waals surface area contributed by atoms with E-state index in [9.17, 15) is 14.7 Å². The van der Waals surface area contributed by atoms with Gasteiger partial charge in [-0.1, -0.05) is 31.5 Å². The smallest absolute Gasteiger partial charge is 0.327 e. The number of hydrogen-bond donors (Lipinski definition) is 1. The van der Waals surface area contributed by atoms with Crippen LogP contribution in [0.2, 0.25) is 5.02 Å². The van der Waals surface area contributed by atoms with Gasteiger partial charge in [-0.25, -0.2) is 4.79 Å². The quantitative estimate of drug-likeness (QED) is 0.925. The lowest BCUT2D eigenvalue weighted by Crippen LogP contribution is -2.47. The van der Waals surface area contributed by atoms with Crippen LogP contribution in [0.1, 0.15) is 29.8 Å². The molecule has 1 aliphatic heterocycles. The molecule has 21 heavy (non-hydrogen) atoms. The highest BCUT2D eigenvalue weighted by atomic mass is 35.5. The molecule has 2 unspecified atom stereocenters. The summed E-state index contributed by atoms with van der Waals surface area (Å²) in [5.41, 5.74) is 1.16. The molecule has 2 atom stereocenters. The zero-order valence-corrected chi connectivity index (χ0v) is 13.7. The largest absolute Gasteiger partial charge is 0.480 e. The van der Waals surface area contributed by atoms with Gasteiger partial charge in [-0.2, -0.15) is 0 Å². The number of thioether (sulfide) groups is 1. The summed E-state index contributed by atoms with van der Waals surface area (Å²) in [6.45, 7) is 5.76. The summed E-state index contributed by atoms with van der Waals surface area (Å²) in [5, 5.41) is 9.76. The van der Waals surface area contributed by atoms with Gasteiger partial charge in [0.2, 0.25) is 0 Å². The normalized spacial score (nSPS) is 21.9. The summed E-state index contributed by atoms with van der Waals surface area (Å²) in [7, 11) is 0. The van der Waals surface area contributed by atoms with Crippen molar-refractivity contribution in [2.75, 3.05) is 5.75 Å². The van der Waals surface area contributed by atoms with Gasteiger partial charge in [0.05, 0.1) is 5.37 Å². The second-order valence-corrected chi connectivity index (χ2v) is 7.00. The number of aliphatic carboxylic acids is 1. The molecule has 1 amide bonds. The van der Waals surface area contributed by atoms with E-state index in [0.29, 0.717) is 21.9 Å². The number of halogens is 1. The van der Waals surface area contributed by atoms with Gasteiger partial charge < -0.3 is 10.0 Å². The van der Waals surface area contributed by atoms with Crippen molar-refractivity contribution < 1.29 is 14.7 Å². The van der Waals surface area contributed by atoms with Gasteiger partial charge >= 0.3 is 5.97 Å². The van der Waals surface area contributed by atoms with Crippen LogP contribution < -0.4 is 0 Å². The third-order valence-corrected chi connectivity index (χ3v) is 5.65. The van der Waals surface area contributed by atoms with Crippen molar-refractivity contribution in [2.45, 2.75) is 32.2 Å². The Labute approximate surface area is 133 Å². The molecule has 1 aliphatic rings. The lowest BCUT2D eigenvalue weighted by Gasteiger charge is -2.30. The molecule has 0 aliphatic carbocycles. The molecule has 1 heterocycles.